The van der Waals surface area contributed by atoms with Crippen LogP contribution in [-0.4, -0.2) is 12.5 Å². The Kier molecular flexibility index (Phi) is 5.40. The van der Waals surface area contributed by atoms with Crippen LogP contribution < -0.4 is 11.1 Å². The van der Waals surface area contributed by atoms with Gasteiger partial charge in [-0.3, -0.25) is 4.79 Å². The van der Waals surface area contributed by atoms with E-state index >= 15 is 0 Å². The third-order valence-corrected chi connectivity index (χ3v) is 3.83. The number of hydrogen-bond donors (Lipinski definition) is 2. The summed E-state index contributed by atoms with van der Waals surface area (Å²) in [5.74, 6) is 1.57. The van der Waals surface area contributed by atoms with Crippen LogP contribution in [0, 0.1) is 24.7 Å². The molecule has 0 radical (unpaired) electrons. The van der Waals surface area contributed by atoms with E-state index in [9.17, 15) is 4.79 Å². The highest BCUT2D eigenvalue weighted by Gasteiger charge is 2.19. The second-order valence-electron chi connectivity index (χ2n) is 5.88. The van der Waals surface area contributed by atoms with Crippen molar-refractivity contribution in [3.63, 3.8) is 0 Å². The standard InChI is InChI=1S/C16H26N2O/c1-10(2)14(11(3)4)9-18-16(19)13-7-6-8-15(17)12(13)5/h6-8,10-11,14H,9,17H2,1-5H3,(H,18,19). The number of hydrogen-bond acceptors (Lipinski definition) is 2. The van der Waals surface area contributed by atoms with E-state index in [1.165, 1.54) is 0 Å². The van der Waals surface area contributed by atoms with E-state index in [0.717, 1.165) is 5.56 Å². The number of nitrogen functional groups attached to an aromatic ring is 1. The van der Waals surface area contributed by atoms with E-state index in [1.807, 2.05) is 25.1 Å². The maximum absolute atomic E-state index is 12.2. The SMILES string of the molecule is Cc1c(N)cccc1C(=O)NCC(C(C)C)C(C)C. The van der Waals surface area contributed by atoms with Gasteiger partial charge in [0.2, 0.25) is 0 Å². The maximum atomic E-state index is 12.2. The number of anilines is 1. The van der Waals surface area contributed by atoms with Crippen molar-refractivity contribution in [1.29, 1.82) is 0 Å². The Labute approximate surface area is 116 Å². The molecule has 1 rings (SSSR count). The Morgan fingerprint density at radius 2 is 1.79 bits per heavy atom. The van der Waals surface area contributed by atoms with Gasteiger partial charge in [0.15, 0.2) is 0 Å². The van der Waals surface area contributed by atoms with Crippen molar-refractivity contribution in [2.45, 2.75) is 34.6 Å². The van der Waals surface area contributed by atoms with Crippen molar-refractivity contribution < 1.29 is 4.79 Å². The van der Waals surface area contributed by atoms with Crippen molar-refractivity contribution in [3.05, 3.63) is 29.3 Å². The number of carbonyl (C=O) groups excluding carboxylic acids is 1. The maximum Gasteiger partial charge on any atom is 0.251 e. The fourth-order valence-electron chi connectivity index (χ4n) is 2.45. The minimum atomic E-state index is -0.0314. The molecule has 1 aromatic rings. The zero-order valence-electron chi connectivity index (χ0n) is 12.7. The molecule has 3 N–H and O–H groups in total. The number of nitrogens with one attached hydrogen (secondary N) is 1. The molecular weight excluding hydrogens is 236 g/mol. The molecule has 0 atom stereocenters. The first-order chi connectivity index (χ1) is 8.84. The zero-order chi connectivity index (χ0) is 14.6. The molecule has 106 valence electrons. The zero-order valence-corrected chi connectivity index (χ0v) is 12.7. The van der Waals surface area contributed by atoms with Crippen LogP contribution in [0.3, 0.4) is 0 Å². The Morgan fingerprint density at radius 3 is 2.32 bits per heavy atom. The van der Waals surface area contributed by atoms with Gasteiger partial charge in [-0.25, -0.2) is 0 Å². The van der Waals surface area contributed by atoms with Gasteiger partial charge in [0.05, 0.1) is 0 Å². The minimum Gasteiger partial charge on any atom is -0.398 e. The topological polar surface area (TPSA) is 55.1 Å². The lowest BCUT2D eigenvalue weighted by Crippen LogP contribution is -2.34. The van der Waals surface area contributed by atoms with Crippen LogP contribution in [0.2, 0.25) is 0 Å². The molecule has 1 amide bonds. The van der Waals surface area contributed by atoms with Crippen LogP contribution in [0.4, 0.5) is 5.69 Å². The number of rotatable bonds is 5. The third-order valence-electron chi connectivity index (χ3n) is 3.83. The van der Waals surface area contributed by atoms with E-state index in [-0.39, 0.29) is 5.91 Å². The highest BCUT2D eigenvalue weighted by molar-refractivity contribution is 5.96. The van der Waals surface area contributed by atoms with Gasteiger partial charge in [0.1, 0.15) is 0 Å². The second-order valence-corrected chi connectivity index (χ2v) is 5.88. The molecule has 0 bridgehead atoms. The Bertz CT molecular complexity index is 430. The molecule has 0 aliphatic carbocycles. The number of carbonyl (C=O) groups is 1. The number of benzene rings is 1. The average Bonchev–Trinajstić information content (AvgIpc) is 2.31. The lowest BCUT2D eigenvalue weighted by molar-refractivity contribution is 0.0936. The van der Waals surface area contributed by atoms with Crippen molar-refractivity contribution in [1.82, 2.24) is 5.32 Å². The minimum absolute atomic E-state index is 0.0314. The van der Waals surface area contributed by atoms with Gasteiger partial charge in [0, 0.05) is 17.8 Å². The van der Waals surface area contributed by atoms with E-state index in [2.05, 4.69) is 33.0 Å². The molecule has 3 heteroatoms. The molecule has 0 heterocycles. The predicted octanol–water partition coefficient (Wildman–Crippen LogP) is 3.24. The summed E-state index contributed by atoms with van der Waals surface area (Å²) in [7, 11) is 0. The molecule has 0 saturated heterocycles. The predicted molar refractivity (Wildman–Crippen MR) is 81.1 cm³/mol. The van der Waals surface area contributed by atoms with Gasteiger partial charge in [-0.05, 0) is 42.4 Å². The van der Waals surface area contributed by atoms with Crippen LogP contribution in [0.1, 0.15) is 43.6 Å². The van der Waals surface area contributed by atoms with Gasteiger partial charge in [-0.2, -0.15) is 0 Å². The summed E-state index contributed by atoms with van der Waals surface area (Å²) in [4.78, 5) is 12.2. The molecule has 0 fully saturated rings. The lowest BCUT2D eigenvalue weighted by atomic mass is 9.85. The lowest BCUT2D eigenvalue weighted by Gasteiger charge is -2.25. The summed E-state index contributed by atoms with van der Waals surface area (Å²) in [6.45, 7) is 11.4. The fourth-order valence-corrected chi connectivity index (χ4v) is 2.45. The normalized spacial score (nSPS) is 11.4. The highest BCUT2D eigenvalue weighted by atomic mass is 16.1. The Morgan fingerprint density at radius 1 is 1.21 bits per heavy atom. The fraction of sp³-hybridized carbons (Fsp3) is 0.562. The molecule has 0 saturated carbocycles. The van der Waals surface area contributed by atoms with E-state index in [1.54, 1.807) is 0 Å². The third kappa shape index (κ3) is 3.98. The largest absolute Gasteiger partial charge is 0.398 e. The van der Waals surface area contributed by atoms with E-state index in [0.29, 0.717) is 35.5 Å². The van der Waals surface area contributed by atoms with Crippen LogP contribution >= 0.6 is 0 Å². The molecule has 0 unspecified atom stereocenters. The summed E-state index contributed by atoms with van der Waals surface area (Å²) in [5, 5.41) is 3.04. The first-order valence-electron chi connectivity index (χ1n) is 6.97. The summed E-state index contributed by atoms with van der Waals surface area (Å²) >= 11 is 0. The van der Waals surface area contributed by atoms with Crippen LogP contribution in [0.5, 0.6) is 0 Å². The Balaban J connectivity index is 2.72. The first kappa shape index (κ1) is 15.5. The van der Waals surface area contributed by atoms with Crippen molar-refractivity contribution >= 4 is 11.6 Å². The van der Waals surface area contributed by atoms with Crippen LogP contribution in [-0.2, 0) is 0 Å². The molecule has 0 aromatic heterocycles. The van der Waals surface area contributed by atoms with Crippen LogP contribution in [0.15, 0.2) is 18.2 Å². The van der Waals surface area contributed by atoms with E-state index in [4.69, 9.17) is 5.73 Å². The highest BCUT2D eigenvalue weighted by Crippen LogP contribution is 2.20. The second kappa shape index (κ2) is 6.60. The average molecular weight is 262 g/mol. The van der Waals surface area contributed by atoms with Gasteiger partial charge < -0.3 is 11.1 Å². The smallest absolute Gasteiger partial charge is 0.251 e. The molecule has 3 nitrogen and oxygen atoms in total. The molecule has 0 spiro atoms. The molecule has 19 heavy (non-hydrogen) atoms. The van der Waals surface area contributed by atoms with Crippen LogP contribution in [0.25, 0.3) is 0 Å². The van der Waals surface area contributed by atoms with Crippen molar-refractivity contribution in [3.8, 4) is 0 Å². The Hall–Kier alpha value is -1.51. The summed E-state index contributed by atoms with van der Waals surface area (Å²) in [6.07, 6.45) is 0. The summed E-state index contributed by atoms with van der Waals surface area (Å²) in [5.41, 5.74) is 8.02. The van der Waals surface area contributed by atoms with Gasteiger partial charge in [-0.15, -0.1) is 0 Å². The monoisotopic (exact) mass is 262 g/mol. The molecule has 0 aliphatic heterocycles. The van der Waals surface area contributed by atoms with E-state index < -0.39 is 0 Å². The van der Waals surface area contributed by atoms with Gasteiger partial charge in [-0.1, -0.05) is 33.8 Å². The summed E-state index contributed by atoms with van der Waals surface area (Å²) in [6, 6.07) is 5.46. The quantitative estimate of drug-likeness (QED) is 0.800. The summed E-state index contributed by atoms with van der Waals surface area (Å²) < 4.78 is 0. The van der Waals surface area contributed by atoms with Gasteiger partial charge >= 0.3 is 0 Å². The molecular formula is C16H26N2O. The number of nitrogens with two attached hydrogens (primary N) is 1. The first-order valence-corrected chi connectivity index (χ1v) is 6.97. The number of amides is 1. The molecule has 0 aliphatic rings. The van der Waals surface area contributed by atoms with Gasteiger partial charge in [0.25, 0.3) is 5.91 Å². The van der Waals surface area contributed by atoms with Crippen molar-refractivity contribution in [2.24, 2.45) is 17.8 Å². The van der Waals surface area contributed by atoms with Crippen molar-refractivity contribution in [2.75, 3.05) is 12.3 Å². The molecule has 1 aromatic carbocycles.